The number of anilines is 3. The molecule has 5 atom stereocenters. The number of rotatable bonds is 15. The number of pyridine rings is 1. The van der Waals surface area contributed by atoms with E-state index in [4.69, 9.17) is 25.7 Å². The lowest BCUT2D eigenvalue weighted by Gasteiger charge is -2.36. The fourth-order valence-corrected chi connectivity index (χ4v) is 14.5. The van der Waals surface area contributed by atoms with Crippen molar-refractivity contribution < 1.29 is 54.9 Å². The van der Waals surface area contributed by atoms with Crippen molar-refractivity contribution in [1.29, 1.82) is 5.26 Å². The summed E-state index contributed by atoms with van der Waals surface area (Å²) in [5.74, 6) is -4.07. The van der Waals surface area contributed by atoms with Gasteiger partial charge in [0.25, 0.3) is 6.43 Å². The normalized spacial score (nSPS) is 21.8. The summed E-state index contributed by atoms with van der Waals surface area (Å²) < 4.78 is 119. The lowest BCUT2D eigenvalue weighted by molar-refractivity contribution is -0.139. The zero-order valence-electron chi connectivity index (χ0n) is 46.2. The smallest absolute Gasteiger partial charge is 0.420 e. The van der Waals surface area contributed by atoms with Gasteiger partial charge in [0.15, 0.2) is 5.82 Å². The number of hydrogen-bond acceptors (Lipinski definition) is 17. The molecule has 4 saturated heterocycles. The second-order valence-electron chi connectivity index (χ2n) is 22.4. The summed E-state index contributed by atoms with van der Waals surface area (Å²) in [5, 5.41) is 14.8. The number of amides is 3. The number of halogens is 6. The highest BCUT2D eigenvalue weighted by Crippen LogP contribution is 2.55. The second kappa shape index (κ2) is 22.4. The number of imidazole rings is 1. The third-order valence-electron chi connectivity index (χ3n) is 17.5. The van der Waals surface area contributed by atoms with E-state index in [2.05, 4.69) is 35.4 Å². The molecule has 20 nitrogen and oxygen atoms in total. The van der Waals surface area contributed by atoms with Crippen LogP contribution >= 0.6 is 11.3 Å². The summed E-state index contributed by atoms with van der Waals surface area (Å²) >= 11 is 0.930. The highest BCUT2D eigenvalue weighted by molar-refractivity contribution is 7.23. The van der Waals surface area contributed by atoms with Crippen LogP contribution in [0.5, 0.6) is 11.8 Å². The molecule has 0 bridgehead atoms. The first kappa shape index (κ1) is 57.4. The first-order chi connectivity index (χ1) is 40.8. The fourth-order valence-electron chi connectivity index (χ4n) is 13.5. The summed E-state index contributed by atoms with van der Waals surface area (Å²) in [6, 6.07) is 10.4. The Hall–Kier alpha value is -8.06. The third-order valence-corrected chi connectivity index (χ3v) is 18.5. The number of fused-ring (bicyclic) bond motifs is 3. The number of piperidine rings is 2. The Balaban J connectivity index is 0.762. The van der Waals surface area contributed by atoms with E-state index in [-0.39, 0.29) is 102 Å². The van der Waals surface area contributed by atoms with E-state index in [0.717, 1.165) is 28.2 Å². The van der Waals surface area contributed by atoms with Crippen molar-refractivity contribution in [3.63, 3.8) is 0 Å². The first-order valence-electron chi connectivity index (χ1n) is 28.0. The molecule has 5 aliphatic rings. The van der Waals surface area contributed by atoms with E-state index in [1.807, 2.05) is 24.3 Å². The number of para-hydroxylation sites is 1. The molecule has 85 heavy (non-hydrogen) atoms. The number of carbonyl (C=O) groups is 3. The van der Waals surface area contributed by atoms with E-state index in [0.29, 0.717) is 67.6 Å². The maximum absolute atomic E-state index is 18.0. The highest BCUT2D eigenvalue weighted by atomic mass is 32.1. The van der Waals surface area contributed by atoms with Gasteiger partial charge in [0.05, 0.1) is 52.8 Å². The summed E-state index contributed by atoms with van der Waals surface area (Å²) in [5.41, 5.74) is 10.1. The van der Waals surface area contributed by atoms with Crippen molar-refractivity contribution in [1.82, 2.24) is 44.5 Å². The minimum atomic E-state index is -5.38. The zero-order valence-corrected chi connectivity index (χ0v) is 47.0. The number of alkyl halides is 5. The van der Waals surface area contributed by atoms with Crippen LogP contribution in [0.2, 0.25) is 0 Å². The monoisotopic (exact) mass is 1200 g/mol. The molecule has 3 aromatic carbocycles. The van der Waals surface area contributed by atoms with Crippen molar-refractivity contribution in [2.45, 2.75) is 100 Å². The van der Waals surface area contributed by atoms with Gasteiger partial charge < -0.3 is 35.9 Å². The lowest BCUT2D eigenvalue weighted by atomic mass is 9.88. The zero-order chi connectivity index (χ0) is 59.8. The number of ether oxygens (including phenoxy) is 3. The number of nitrogens with two attached hydrogens (primary N) is 2. The molecule has 2 unspecified atom stereocenters. The topological polar surface area (TPSA) is 254 Å². The third kappa shape index (κ3) is 10.2. The van der Waals surface area contributed by atoms with Crippen molar-refractivity contribution >= 4 is 77.7 Å². The van der Waals surface area contributed by atoms with Crippen molar-refractivity contribution in [3.05, 3.63) is 93.3 Å². The van der Waals surface area contributed by atoms with Gasteiger partial charge in [-0.2, -0.15) is 28.4 Å². The number of hydrogen-bond donors (Lipinski definition) is 4. The second-order valence-corrected chi connectivity index (χ2v) is 23.5. The molecule has 0 aliphatic carbocycles. The van der Waals surface area contributed by atoms with Crippen LogP contribution in [-0.4, -0.2) is 135 Å². The molecular weight excluding hydrogens is 1140 g/mol. The molecule has 6 N–H and O–H groups in total. The fraction of sp³-hybridized carbons (Fsp3) is 0.448. The largest absolute Gasteiger partial charge is 0.490 e. The van der Waals surface area contributed by atoms with E-state index in [1.165, 1.54) is 52.6 Å². The van der Waals surface area contributed by atoms with Gasteiger partial charge >= 0.3 is 17.9 Å². The number of thiophene rings is 1. The first-order valence-corrected chi connectivity index (χ1v) is 28.9. The molecule has 4 fully saturated rings. The number of likely N-dealkylation sites (tertiary alicyclic amines) is 1. The SMILES string of the molecule is CC(c1cccnc1N)N1c2nc(OC[C@@]34CCCN3C[C@H](OCCNC(=O)CN3CCC(c5cccc6c5n(C5CCC(=O)NC5=O)c(=O)n6C)CC3)C4)nc3c(F)c(-c4cccc5sc(N)c(C#N)c45)c(C(F)(F)F)c(c23)OC[C@@H]1C(F)F. The number of nitriles is 1. The predicted molar refractivity (Wildman–Crippen MR) is 303 cm³/mol. The Labute approximate surface area is 485 Å². The molecule has 12 rings (SSSR count). The van der Waals surface area contributed by atoms with Gasteiger partial charge in [-0.15, -0.1) is 11.3 Å². The molecule has 0 spiro atoms. The number of nitrogens with zero attached hydrogens (tertiary/aromatic N) is 9. The summed E-state index contributed by atoms with van der Waals surface area (Å²) in [7, 11) is 1.67. The van der Waals surface area contributed by atoms with Crippen molar-refractivity contribution in [3.8, 4) is 29.0 Å². The van der Waals surface area contributed by atoms with Crippen LogP contribution in [0, 0.1) is 17.1 Å². The van der Waals surface area contributed by atoms with E-state index in [9.17, 15) is 24.4 Å². The molecule has 5 aliphatic heterocycles. The van der Waals surface area contributed by atoms with Gasteiger partial charge in [-0.25, -0.2) is 22.9 Å². The van der Waals surface area contributed by atoms with Crippen LogP contribution in [0.1, 0.15) is 92.1 Å². The number of benzene rings is 3. The van der Waals surface area contributed by atoms with Crippen molar-refractivity contribution in [2.75, 3.05) is 75.5 Å². The van der Waals surface area contributed by atoms with Crippen LogP contribution in [0.15, 0.2) is 59.5 Å². The Kier molecular flexibility index (Phi) is 15.1. The quantitative estimate of drug-likeness (QED) is 0.0446. The summed E-state index contributed by atoms with van der Waals surface area (Å²) in [4.78, 5) is 70.2. The van der Waals surface area contributed by atoms with Gasteiger partial charge in [-0.05, 0) is 100 Å². The van der Waals surface area contributed by atoms with Crippen LogP contribution in [0.4, 0.5) is 43.0 Å². The number of imide groups is 1. The van der Waals surface area contributed by atoms with E-state index in [1.54, 1.807) is 7.05 Å². The number of carbonyl (C=O) groups excluding carboxylic acids is 3. The molecule has 0 saturated carbocycles. The molecular formula is C58H59F6N13O7S. The van der Waals surface area contributed by atoms with Crippen LogP contribution in [0.3, 0.4) is 0 Å². The van der Waals surface area contributed by atoms with E-state index < -0.39 is 94.2 Å². The molecule has 0 radical (unpaired) electrons. The van der Waals surface area contributed by atoms with E-state index >= 15 is 26.3 Å². The Morgan fingerprint density at radius 1 is 1.05 bits per heavy atom. The average Bonchev–Trinajstić information content (AvgIpc) is 1.78. The van der Waals surface area contributed by atoms with Crippen LogP contribution in [0.25, 0.3) is 43.1 Å². The Morgan fingerprint density at radius 3 is 2.58 bits per heavy atom. The Bertz CT molecular complexity index is 3940. The summed E-state index contributed by atoms with van der Waals surface area (Å²) in [6.45, 7) is 3.31. The minimum Gasteiger partial charge on any atom is -0.490 e. The highest BCUT2D eigenvalue weighted by Gasteiger charge is 2.51. The number of aryl methyl sites for hydroxylation is 1. The summed E-state index contributed by atoms with van der Waals surface area (Å²) in [6.07, 6.45) is -3.95. The maximum atomic E-state index is 18.0. The van der Waals surface area contributed by atoms with Gasteiger partial charge in [-0.1, -0.05) is 30.3 Å². The van der Waals surface area contributed by atoms with Crippen molar-refractivity contribution in [2.24, 2.45) is 7.05 Å². The van der Waals surface area contributed by atoms with Crippen LogP contribution < -0.4 is 42.2 Å². The molecule has 4 aromatic heterocycles. The Morgan fingerprint density at radius 2 is 1.84 bits per heavy atom. The van der Waals surface area contributed by atoms with Gasteiger partial charge in [0, 0.05) is 54.0 Å². The number of nitrogens with one attached hydrogen (secondary N) is 2. The maximum Gasteiger partial charge on any atom is 0.420 e. The van der Waals surface area contributed by atoms with Gasteiger partial charge in [0.1, 0.15) is 64.8 Å². The average molecular weight is 1200 g/mol. The molecule has 3 amide bonds. The number of aromatic nitrogens is 5. The molecule has 446 valence electrons. The number of nitrogen functional groups attached to an aromatic ring is 2. The molecule has 7 aromatic rings. The van der Waals surface area contributed by atoms with Gasteiger partial charge in [0.2, 0.25) is 17.7 Å². The molecule has 27 heteroatoms. The lowest BCUT2D eigenvalue weighted by Crippen LogP contribution is -2.46. The minimum absolute atomic E-state index is 0.00759. The van der Waals surface area contributed by atoms with Gasteiger partial charge in [-0.3, -0.25) is 38.6 Å². The standard InChI is InChI=1S/C58H59F6N13O7S/c1-29(32-9-5-17-69-51(32)66)76-38(50(60)61)27-83-49-44-47(46(59)43(45(49)58(62,63)64)34-8-4-11-39-42(34)35(24-65)52(67)85-39)71-55(72-53(44)76)84-28-57-16-6-19-75(57)25-31(23-57)82-22-18-68-41(79)26-74-20-14-30(15-21-74)33-7-3-10-36-48(33)77(56(81)73(36)2)37-12-13-40(78)70-54(37)80/h3-5,7-11,17,29-31,37-38,50H,6,12-16,18-23,25-28,67H2,1-2H3,(H2,66,69)(H,68,79)(H,70,78,80)/t29?,31-,37?,38-,57+/m1/s1. The molecule has 9 heterocycles. The predicted octanol–water partition coefficient (Wildman–Crippen LogP) is 7.32. The van der Waals surface area contributed by atoms with Crippen LogP contribution in [-0.2, 0) is 32.3 Å².